The van der Waals surface area contributed by atoms with Gasteiger partial charge in [0.05, 0.1) is 18.9 Å². The number of amides is 1. The Labute approximate surface area is 175 Å². The van der Waals surface area contributed by atoms with Gasteiger partial charge in [-0.1, -0.05) is 12.1 Å². The van der Waals surface area contributed by atoms with Crippen molar-refractivity contribution in [3.63, 3.8) is 0 Å². The fourth-order valence-corrected chi connectivity index (χ4v) is 3.25. The van der Waals surface area contributed by atoms with Crippen LogP contribution in [0.15, 0.2) is 60.9 Å². The van der Waals surface area contributed by atoms with Gasteiger partial charge >= 0.3 is 0 Å². The molecule has 2 heterocycles. The standard InChI is InChI=1S/C23H23N3O4/c1-28-18-7-9-19(10-8-18)30-22-13-21(25-15-26-22)16-4-2-5-17(12-16)23(27)24-14-20-6-3-11-29-20/h2,4-5,7-10,12-13,15,20H,3,6,11,14H2,1H3,(H,24,27). The van der Waals surface area contributed by atoms with Crippen LogP contribution < -0.4 is 14.8 Å². The lowest BCUT2D eigenvalue weighted by atomic mass is 10.1. The summed E-state index contributed by atoms with van der Waals surface area (Å²) in [6.45, 7) is 1.29. The third-order valence-electron chi connectivity index (χ3n) is 4.86. The highest BCUT2D eigenvalue weighted by Gasteiger charge is 2.17. The maximum atomic E-state index is 12.5. The van der Waals surface area contributed by atoms with E-state index >= 15 is 0 Å². The summed E-state index contributed by atoms with van der Waals surface area (Å²) in [7, 11) is 1.61. The van der Waals surface area contributed by atoms with Crippen molar-refractivity contribution in [2.24, 2.45) is 0 Å². The second-order valence-corrected chi connectivity index (χ2v) is 6.94. The fourth-order valence-electron chi connectivity index (χ4n) is 3.25. The summed E-state index contributed by atoms with van der Waals surface area (Å²) in [5, 5.41) is 2.94. The van der Waals surface area contributed by atoms with Crippen molar-refractivity contribution < 1.29 is 19.0 Å². The van der Waals surface area contributed by atoms with E-state index in [1.807, 2.05) is 30.3 Å². The number of carbonyl (C=O) groups excluding carboxylic acids is 1. The molecule has 1 aliphatic heterocycles. The van der Waals surface area contributed by atoms with Crippen molar-refractivity contribution in [3.05, 3.63) is 66.5 Å². The zero-order chi connectivity index (χ0) is 20.8. The zero-order valence-electron chi connectivity index (χ0n) is 16.7. The lowest BCUT2D eigenvalue weighted by Crippen LogP contribution is -2.31. The van der Waals surface area contributed by atoms with Crippen LogP contribution in [0.4, 0.5) is 0 Å². The first-order valence-electron chi connectivity index (χ1n) is 9.85. The molecule has 1 fully saturated rings. The lowest BCUT2D eigenvalue weighted by molar-refractivity contribution is 0.0858. The Hall–Kier alpha value is -3.45. The molecule has 1 aliphatic rings. The monoisotopic (exact) mass is 405 g/mol. The van der Waals surface area contributed by atoms with Gasteiger partial charge in [-0.3, -0.25) is 4.79 Å². The number of methoxy groups -OCH3 is 1. The molecule has 0 saturated carbocycles. The summed E-state index contributed by atoms with van der Waals surface area (Å²) in [4.78, 5) is 21.0. The Bertz CT molecular complexity index is 1000. The number of hydrogen-bond donors (Lipinski definition) is 1. The highest BCUT2D eigenvalue weighted by molar-refractivity contribution is 5.95. The number of carbonyl (C=O) groups is 1. The van der Waals surface area contributed by atoms with Crippen molar-refractivity contribution in [1.29, 1.82) is 0 Å². The molecule has 0 aliphatic carbocycles. The average molecular weight is 405 g/mol. The number of hydrogen-bond acceptors (Lipinski definition) is 6. The van der Waals surface area contributed by atoms with Gasteiger partial charge in [0.25, 0.3) is 5.91 Å². The molecule has 1 saturated heterocycles. The zero-order valence-corrected chi connectivity index (χ0v) is 16.7. The van der Waals surface area contributed by atoms with E-state index in [-0.39, 0.29) is 12.0 Å². The number of nitrogens with one attached hydrogen (secondary N) is 1. The molecule has 4 rings (SSSR count). The first-order valence-corrected chi connectivity index (χ1v) is 9.85. The van der Waals surface area contributed by atoms with Crippen molar-refractivity contribution in [2.75, 3.05) is 20.3 Å². The number of rotatable bonds is 7. The summed E-state index contributed by atoms with van der Waals surface area (Å²) in [5.74, 6) is 1.68. The average Bonchev–Trinajstić information content (AvgIpc) is 3.32. The molecule has 1 atom stereocenters. The molecule has 0 bridgehead atoms. The molecule has 0 radical (unpaired) electrons. The highest BCUT2D eigenvalue weighted by Crippen LogP contribution is 2.26. The molecule has 30 heavy (non-hydrogen) atoms. The maximum absolute atomic E-state index is 12.5. The number of aromatic nitrogens is 2. The molecular formula is C23H23N3O4. The Kier molecular flexibility index (Phi) is 6.20. The van der Waals surface area contributed by atoms with Crippen LogP contribution in [0.3, 0.4) is 0 Å². The molecule has 3 aromatic rings. The van der Waals surface area contributed by atoms with E-state index in [1.54, 1.807) is 31.4 Å². The summed E-state index contributed by atoms with van der Waals surface area (Å²) in [5.41, 5.74) is 2.05. The van der Waals surface area contributed by atoms with E-state index in [4.69, 9.17) is 14.2 Å². The number of ether oxygens (including phenoxy) is 3. The van der Waals surface area contributed by atoms with Gasteiger partial charge in [-0.05, 0) is 49.2 Å². The molecule has 1 unspecified atom stereocenters. The van der Waals surface area contributed by atoms with E-state index in [0.717, 1.165) is 30.8 Å². The minimum atomic E-state index is -0.129. The molecule has 1 N–H and O–H groups in total. The van der Waals surface area contributed by atoms with Crippen molar-refractivity contribution in [2.45, 2.75) is 18.9 Å². The fraction of sp³-hybridized carbons (Fsp3) is 0.261. The van der Waals surface area contributed by atoms with Gasteiger partial charge in [0.2, 0.25) is 5.88 Å². The predicted molar refractivity (Wildman–Crippen MR) is 112 cm³/mol. The number of nitrogens with zero attached hydrogens (tertiary/aromatic N) is 2. The number of benzene rings is 2. The molecular weight excluding hydrogens is 382 g/mol. The first kappa shape index (κ1) is 19.8. The van der Waals surface area contributed by atoms with Gasteiger partial charge in [0, 0.05) is 30.3 Å². The van der Waals surface area contributed by atoms with E-state index < -0.39 is 0 Å². The Morgan fingerprint density at radius 1 is 1.13 bits per heavy atom. The summed E-state index contributed by atoms with van der Waals surface area (Å²) in [6.07, 6.45) is 3.58. The predicted octanol–water partition coefficient (Wildman–Crippen LogP) is 3.85. The minimum Gasteiger partial charge on any atom is -0.497 e. The third kappa shape index (κ3) is 4.93. The Morgan fingerprint density at radius 2 is 1.97 bits per heavy atom. The minimum absolute atomic E-state index is 0.108. The van der Waals surface area contributed by atoms with Crippen LogP contribution in [0.1, 0.15) is 23.2 Å². The summed E-state index contributed by atoms with van der Waals surface area (Å²) < 4.78 is 16.5. The maximum Gasteiger partial charge on any atom is 0.251 e. The Balaban J connectivity index is 1.46. The lowest BCUT2D eigenvalue weighted by Gasteiger charge is -2.11. The molecule has 7 heteroatoms. The van der Waals surface area contributed by atoms with Gasteiger partial charge in [-0.25, -0.2) is 9.97 Å². The van der Waals surface area contributed by atoms with Crippen LogP contribution in [-0.2, 0) is 4.74 Å². The van der Waals surface area contributed by atoms with Gasteiger partial charge < -0.3 is 19.5 Å². The van der Waals surface area contributed by atoms with Gasteiger partial charge in [-0.2, -0.15) is 0 Å². The molecule has 7 nitrogen and oxygen atoms in total. The van der Waals surface area contributed by atoms with Gasteiger partial charge in [0.15, 0.2) is 0 Å². The summed E-state index contributed by atoms with van der Waals surface area (Å²) in [6, 6.07) is 16.3. The second-order valence-electron chi connectivity index (χ2n) is 6.94. The van der Waals surface area contributed by atoms with Crippen LogP contribution >= 0.6 is 0 Å². The van der Waals surface area contributed by atoms with Crippen LogP contribution in [0.2, 0.25) is 0 Å². The molecule has 154 valence electrons. The summed E-state index contributed by atoms with van der Waals surface area (Å²) >= 11 is 0. The van der Waals surface area contributed by atoms with Gasteiger partial charge in [0.1, 0.15) is 17.8 Å². The largest absolute Gasteiger partial charge is 0.497 e. The van der Waals surface area contributed by atoms with Crippen LogP contribution in [0.5, 0.6) is 17.4 Å². The van der Waals surface area contributed by atoms with Crippen LogP contribution in [0, 0.1) is 0 Å². The first-order chi connectivity index (χ1) is 14.7. The molecule has 1 amide bonds. The SMILES string of the molecule is COc1ccc(Oc2cc(-c3cccc(C(=O)NCC4CCCO4)c3)ncn2)cc1. The molecule has 1 aromatic heterocycles. The van der Waals surface area contributed by atoms with Crippen molar-refractivity contribution >= 4 is 5.91 Å². The quantitative estimate of drug-likeness (QED) is 0.643. The van der Waals surface area contributed by atoms with E-state index in [9.17, 15) is 4.79 Å². The Morgan fingerprint density at radius 3 is 2.73 bits per heavy atom. The topological polar surface area (TPSA) is 82.6 Å². The van der Waals surface area contributed by atoms with Crippen LogP contribution in [-0.4, -0.2) is 42.2 Å². The van der Waals surface area contributed by atoms with E-state index in [1.165, 1.54) is 6.33 Å². The second kappa shape index (κ2) is 9.37. The smallest absolute Gasteiger partial charge is 0.251 e. The van der Waals surface area contributed by atoms with Crippen molar-refractivity contribution in [3.8, 4) is 28.6 Å². The van der Waals surface area contributed by atoms with E-state index in [0.29, 0.717) is 29.4 Å². The highest BCUT2D eigenvalue weighted by atomic mass is 16.5. The van der Waals surface area contributed by atoms with Gasteiger partial charge in [-0.15, -0.1) is 0 Å². The molecule has 2 aromatic carbocycles. The van der Waals surface area contributed by atoms with E-state index in [2.05, 4.69) is 15.3 Å². The normalized spacial score (nSPS) is 15.6. The third-order valence-corrected chi connectivity index (χ3v) is 4.86. The van der Waals surface area contributed by atoms with Crippen LogP contribution in [0.25, 0.3) is 11.3 Å². The van der Waals surface area contributed by atoms with Crippen molar-refractivity contribution in [1.82, 2.24) is 15.3 Å². The molecule has 0 spiro atoms.